The third-order valence-corrected chi connectivity index (χ3v) is 12.9. The molecule has 0 aliphatic carbocycles. The van der Waals surface area contributed by atoms with Crippen LogP contribution in [0, 0.1) is 0 Å². The smallest absolute Gasteiger partial charge is 0.232 e. The number of hydrogen-bond acceptors (Lipinski definition) is 8. The van der Waals surface area contributed by atoms with Gasteiger partial charge < -0.3 is 29.2 Å². The summed E-state index contributed by atoms with van der Waals surface area (Å²) in [6, 6.07) is 13.7. The molecule has 1 heterocycles. The van der Waals surface area contributed by atoms with Gasteiger partial charge in [0.2, 0.25) is 5.91 Å². The number of amides is 1. The summed E-state index contributed by atoms with van der Waals surface area (Å²) in [7, 11) is 3.26. The molecular weight excluding hydrogens is 529 g/mol. The van der Waals surface area contributed by atoms with Crippen molar-refractivity contribution in [3.8, 4) is 11.5 Å². The average molecular weight is 570 g/mol. The fourth-order valence-corrected chi connectivity index (χ4v) is 9.91. The van der Waals surface area contributed by atoms with Crippen LogP contribution in [-0.2, 0) is 25.4 Å². The van der Waals surface area contributed by atoms with Crippen molar-refractivity contribution in [2.75, 3.05) is 46.5 Å². The van der Waals surface area contributed by atoms with Gasteiger partial charge in [-0.3, -0.25) is 4.79 Å². The molecule has 1 saturated heterocycles. The van der Waals surface area contributed by atoms with Gasteiger partial charge in [-0.2, -0.15) is 0 Å². The molecule has 0 saturated carbocycles. The second-order valence-electron chi connectivity index (χ2n) is 8.39. The van der Waals surface area contributed by atoms with E-state index < -0.39 is 17.4 Å². The van der Waals surface area contributed by atoms with Crippen LogP contribution in [0.3, 0.4) is 0 Å². The number of carbonyl (C=O) groups is 1. The number of rotatable bonds is 13. The molecular formula is C27H40NO6PS2. The molecule has 10 heteroatoms. The number of ether oxygens (including phenoxy) is 4. The molecule has 0 aromatic heterocycles. The summed E-state index contributed by atoms with van der Waals surface area (Å²) < 4.78 is 35.4. The van der Waals surface area contributed by atoms with E-state index >= 15 is 0 Å². The highest BCUT2D eigenvalue weighted by atomic mass is 32.7. The molecule has 1 amide bonds. The van der Waals surface area contributed by atoms with Gasteiger partial charge in [0.15, 0.2) is 6.34 Å². The van der Waals surface area contributed by atoms with Crippen molar-refractivity contribution in [3.63, 3.8) is 0 Å². The van der Waals surface area contributed by atoms with Crippen molar-refractivity contribution in [1.82, 2.24) is 0 Å². The van der Waals surface area contributed by atoms with E-state index in [0.29, 0.717) is 39.3 Å². The number of benzene rings is 2. The predicted molar refractivity (Wildman–Crippen MR) is 154 cm³/mol. The molecule has 2 aromatic rings. The van der Waals surface area contributed by atoms with Crippen LogP contribution in [0.1, 0.15) is 38.7 Å². The van der Waals surface area contributed by atoms with E-state index in [1.165, 1.54) is 11.4 Å². The van der Waals surface area contributed by atoms with Crippen LogP contribution in [0.25, 0.3) is 0 Å². The van der Waals surface area contributed by atoms with Gasteiger partial charge in [-0.05, 0) is 67.9 Å². The highest BCUT2D eigenvalue weighted by Crippen LogP contribution is 2.70. The van der Waals surface area contributed by atoms with Crippen molar-refractivity contribution in [2.24, 2.45) is 5.73 Å². The zero-order valence-corrected chi connectivity index (χ0v) is 25.0. The zero-order chi connectivity index (χ0) is 27.3. The highest BCUT2D eigenvalue weighted by molar-refractivity contribution is 8.58. The standard InChI is InChI=1S/C25H34NO6PS2.C2H6/c1-29-20-15-19(16-21(17-20)30-2)18-32-11-4-14-34-22-5-7-23(8-6-22)35-33(3,28)25(24(26)27)9-12-31-13-10-25;1-2/h5-8,15-17H,4,9-14,18H2,1-3H3,(H2,26,27);1-2H3. The van der Waals surface area contributed by atoms with Gasteiger partial charge in [0.05, 0.1) is 20.8 Å². The first kappa shape index (κ1) is 31.6. The first-order valence-electron chi connectivity index (χ1n) is 12.5. The predicted octanol–water partition coefficient (Wildman–Crippen LogP) is 6.46. The van der Waals surface area contributed by atoms with Gasteiger partial charge in [0.1, 0.15) is 16.7 Å². The van der Waals surface area contributed by atoms with E-state index in [0.717, 1.165) is 39.0 Å². The second kappa shape index (κ2) is 15.7. The summed E-state index contributed by atoms with van der Waals surface area (Å²) in [5.41, 5.74) is 6.72. The molecule has 1 aliphatic heterocycles. The van der Waals surface area contributed by atoms with Crippen LogP contribution in [-0.4, -0.2) is 57.5 Å². The second-order valence-corrected chi connectivity index (χ2v) is 15.4. The van der Waals surface area contributed by atoms with E-state index in [1.54, 1.807) is 32.6 Å². The summed E-state index contributed by atoms with van der Waals surface area (Å²) in [5.74, 6) is 1.93. The van der Waals surface area contributed by atoms with Gasteiger partial charge in [-0.15, -0.1) is 11.8 Å². The maximum Gasteiger partial charge on any atom is 0.232 e. The minimum absolute atomic E-state index is 0.407. The molecule has 1 unspecified atom stereocenters. The monoisotopic (exact) mass is 569 g/mol. The number of primary amides is 1. The lowest BCUT2D eigenvalue weighted by molar-refractivity contribution is -0.122. The third kappa shape index (κ3) is 8.96. The molecule has 37 heavy (non-hydrogen) atoms. The first-order chi connectivity index (χ1) is 17.8. The van der Waals surface area contributed by atoms with E-state index in [-0.39, 0.29) is 0 Å². The Hall–Kier alpha value is -1.64. The molecule has 0 radical (unpaired) electrons. The third-order valence-electron chi connectivity index (χ3n) is 6.04. The number of carbonyl (C=O) groups excluding carboxylic acids is 1. The molecule has 2 N–H and O–H groups in total. The van der Waals surface area contributed by atoms with Gasteiger partial charge in [-0.25, -0.2) is 0 Å². The van der Waals surface area contributed by atoms with Crippen LogP contribution in [0.5, 0.6) is 11.5 Å². The van der Waals surface area contributed by atoms with Crippen LogP contribution >= 0.6 is 29.5 Å². The molecule has 1 atom stereocenters. The van der Waals surface area contributed by atoms with Crippen LogP contribution in [0.2, 0.25) is 0 Å². The summed E-state index contributed by atoms with van der Waals surface area (Å²) in [4.78, 5) is 14.3. The maximum atomic E-state index is 13.6. The Morgan fingerprint density at radius 1 is 1.03 bits per heavy atom. The summed E-state index contributed by atoms with van der Waals surface area (Å²) in [6.45, 7) is 7.65. The normalized spacial score (nSPS) is 16.1. The first-order valence-corrected chi connectivity index (χ1v) is 17.0. The summed E-state index contributed by atoms with van der Waals surface area (Å²) in [5, 5.41) is -1.00. The largest absolute Gasteiger partial charge is 0.497 e. The molecule has 1 aliphatic rings. The molecule has 3 rings (SSSR count). The maximum absolute atomic E-state index is 13.6. The van der Waals surface area contributed by atoms with Crippen LogP contribution < -0.4 is 15.2 Å². The Bertz CT molecular complexity index is 1010. The van der Waals surface area contributed by atoms with Gasteiger partial charge in [0.25, 0.3) is 0 Å². The van der Waals surface area contributed by atoms with Crippen molar-refractivity contribution >= 4 is 35.4 Å². The highest BCUT2D eigenvalue weighted by Gasteiger charge is 2.51. The Morgan fingerprint density at radius 3 is 2.14 bits per heavy atom. The van der Waals surface area contributed by atoms with Gasteiger partial charge in [-0.1, -0.05) is 25.2 Å². The molecule has 0 bridgehead atoms. The fourth-order valence-electron chi connectivity index (χ4n) is 3.94. The van der Waals surface area contributed by atoms with Gasteiger partial charge >= 0.3 is 0 Å². The Kier molecular flexibility index (Phi) is 13.4. The summed E-state index contributed by atoms with van der Waals surface area (Å²) in [6.07, 6.45) is -1.21. The summed E-state index contributed by atoms with van der Waals surface area (Å²) >= 11 is 3.03. The van der Waals surface area contributed by atoms with Crippen LogP contribution in [0.4, 0.5) is 0 Å². The van der Waals surface area contributed by atoms with Crippen molar-refractivity contribution in [1.29, 1.82) is 0 Å². The Labute approximate surface area is 229 Å². The zero-order valence-electron chi connectivity index (χ0n) is 22.5. The van der Waals surface area contributed by atoms with E-state index in [2.05, 4.69) is 0 Å². The molecule has 2 aromatic carbocycles. The molecule has 206 valence electrons. The Balaban J connectivity index is 0.00000235. The lowest BCUT2D eigenvalue weighted by Crippen LogP contribution is -2.47. The quantitative estimate of drug-likeness (QED) is 0.167. The number of thioether (sulfide) groups is 1. The van der Waals surface area contributed by atoms with E-state index in [1.807, 2.05) is 56.3 Å². The SMILES string of the molecule is CC.COc1cc(COCCCSc2ccc(SP(C)(=O)C3(C(N)=O)CCOCC3)cc2)cc(OC)c1. The van der Waals surface area contributed by atoms with Crippen molar-refractivity contribution in [2.45, 2.75) is 54.7 Å². The molecule has 1 fully saturated rings. The number of hydrogen-bond donors (Lipinski definition) is 1. The lowest BCUT2D eigenvalue weighted by Gasteiger charge is -2.38. The number of methoxy groups -OCH3 is 2. The fraction of sp³-hybridized carbons (Fsp3) is 0.519. The lowest BCUT2D eigenvalue weighted by atomic mass is 9.98. The van der Waals surface area contributed by atoms with Crippen LogP contribution in [0.15, 0.2) is 52.3 Å². The Morgan fingerprint density at radius 2 is 1.59 bits per heavy atom. The average Bonchev–Trinajstić information content (AvgIpc) is 2.92. The van der Waals surface area contributed by atoms with Crippen molar-refractivity contribution < 1.29 is 28.3 Å². The van der Waals surface area contributed by atoms with E-state index in [4.69, 9.17) is 24.7 Å². The molecule has 7 nitrogen and oxygen atoms in total. The topological polar surface area (TPSA) is 97.1 Å². The van der Waals surface area contributed by atoms with E-state index in [9.17, 15) is 9.36 Å². The minimum atomic E-state index is -2.94. The minimum Gasteiger partial charge on any atom is -0.497 e. The molecule has 0 spiro atoms. The number of nitrogens with two attached hydrogens (primary N) is 1. The van der Waals surface area contributed by atoms with Gasteiger partial charge in [0, 0.05) is 41.4 Å². The van der Waals surface area contributed by atoms with Crippen molar-refractivity contribution in [3.05, 3.63) is 48.0 Å².